The molecule has 0 fully saturated rings. The number of carbonyl (C=O) groups excluding carboxylic acids is 3. The summed E-state index contributed by atoms with van der Waals surface area (Å²) in [5.41, 5.74) is 0. The van der Waals surface area contributed by atoms with Crippen LogP contribution in [0.25, 0.3) is 0 Å². The molecule has 0 bridgehead atoms. The predicted octanol–water partition coefficient (Wildman–Crippen LogP) is 18.3. The maximum Gasteiger partial charge on any atom is 0.306 e. The molecule has 0 aliphatic carbocycles. The summed E-state index contributed by atoms with van der Waals surface area (Å²) in [6.07, 6.45) is 77.3. The van der Waals surface area contributed by atoms with Crippen LogP contribution in [0.15, 0.2) is 134 Å². The van der Waals surface area contributed by atoms with Gasteiger partial charge in [-0.2, -0.15) is 0 Å². The first kappa shape index (κ1) is 63.5. The Bertz CT molecular complexity index is 1500. The third kappa shape index (κ3) is 52.5. The predicted molar refractivity (Wildman–Crippen MR) is 292 cm³/mol. The van der Waals surface area contributed by atoms with E-state index < -0.39 is 6.10 Å². The Balaban J connectivity index is 4.46. The average molecular weight is 939 g/mol. The first-order valence-corrected chi connectivity index (χ1v) is 27.2. The molecule has 0 aromatic heterocycles. The number of rotatable bonds is 47. The number of esters is 3. The van der Waals surface area contributed by atoms with E-state index in [1.807, 2.05) is 0 Å². The Kier molecular flexibility index (Phi) is 51.5. The molecule has 1 unspecified atom stereocenters. The van der Waals surface area contributed by atoms with Gasteiger partial charge in [0.25, 0.3) is 0 Å². The summed E-state index contributed by atoms with van der Waals surface area (Å²) in [5, 5.41) is 0. The van der Waals surface area contributed by atoms with Crippen molar-refractivity contribution in [2.75, 3.05) is 13.2 Å². The van der Waals surface area contributed by atoms with Crippen LogP contribution in [0.1, 0.15) is 220 Å². The molecule has 0 aliphatic rings. The van der Waals surface area contributed by atoms with Crippen molar-refractivity contribution in [3.8, 4) is 0 Å². The van der Waals surface area contributed by atoms with Gasteiger partial charge in [0.2, 0.25) is 0 Å². The van der Waals surface area contributed by atoms with Crippen LogP contribution in [0.3, 0.4) is 0 Å². The zero-order valence-corrected chi connectivity index (χ0v) is 43.6. The third-order valence-electron chi connectivity index (χ3n) is 10.9. The fourth-order valence-electron chi connectivity index (χ4n) is 6.85. The molecule has 1 atom stereocenters. The highest BCUT2D eigenvalue weighted by atomic mass is 16.6. The second-order valence-electron chi connectivity index (χ2n) is 17.4. The van der Waals surface area contributed by atoms with E-state index in [0.29, 0.717) is 19.3 Å². The SMILES string of the molecule is CC/C=C\C/C=C\C/C=C\C/C=C\C/C=C\CCCCCCCC(=O)OCC(COC(=O)CCCCCCC/C=C\CCC)OC(=O)CCCCC/C=C\C/C=C\C/C=C\C/C=C\C/C=C\CC. The first-order chi connectivity index (χ1) is 33.5. The molecule has 0 heterocycles. The minimum atomic E-state index is -0.812. The molecule has 0 spiro atoms. The zero-order valence-electron chi connectivity index (χ0n) is 43.6. The molecule has 382 valence electrons. The van der Waals surface area contributed by atoms with Gasteiger partial charge in [-0.15, -0.1) is 0 Å². The molecule has 0 rings (SSSR count). The number of ether oxygens (including phenoxy) is 3. The van der Waals surface area contributed by atoms with Crippen molar-refractivity contribution in [1.82, 2.24) is 0 Å². The van der Waals surface area contributed by atoms with Crippen LogP contribution in [0.5, 0.6) is 0 Å². The minimum absolute atomic E-state index is 0.107. The number of unbranched alkanes of at least 4 members (excludes halogenated alkanes) is 14. The van der Waals surface area contributed by atoms with E-state index in [0.717, 1.165) is 161 Å². The third-order valence-corrected chi connectivity index (χ3v) is 10.9. The van der Waals surface area contributed by atoms with E-state index in [-0.39, 0.29) is 37.5 Å². The monoisotopic (exact) mass is 939 g/mol. The molecule has 0 saturated heterocycles. The highest BCUT2D eigenvalue weighted by Gasteiger charge is 2.19. The van der Waals surface area contributed by atoms with Crippen molar-refractivity contribution in [3.63, 3.8) is 0 Å². The molecular weight excluding hydrogens is 841 g/mol. The van der Waals surface area contributed by atoms with Gasteiger partial charge >= 0.3 is 17.9 Å². The van der Waals surface area contributed by atoms with Crippen LogP contribution in [0.2, 0.25) is 0 Å². The maximum atomic E-state index is 12.8. The Hall–Kier alpha value is -4.45. The van der Waals surface area contributed by atoms with E-state index in [1.54, 1.807) is 0 Å². The smallest absolute Gasteiger partial charge is 0.306 e. The van der Waals surface area contributed by atoms with Gasteiger partial charge in [-0.25, -0.2) is 0 Å². The Morgan fingerprint density at radius 3 is 0.926 bits per heavy atom. The first-order valence-electron chi connectivity index (χ1n) is 27.2. The Morgan fingerprint density at radius 2 is 0.574 bits per heavy atom. The van der Waals surface area contributed by atoms with Gasteiger partial charge in [0.15, 0.2) is 6.10 Å². The second kappa shape index (κ2) is 55.1. The lowest BCUT2D eigenvalue weighted by atomic mass is 10.1. The molecule has 6 heteroatoms. The molecule has 0 saturated carbocycles. The van der Waals surface area contributed by atoms with Crippen LogP contribution in [0, 0.1) is 0 Å². The van der Waals surface area contributed by atoms with Crippen LogP contribution in [-0.2, 0) is 28.6 Å². The van der Waals surface area contributed by atoms with E-state index in [1.165, 1.54) is 12.8 Å². The lowest BCUT2D eigenvalue weighted by molar-refractivity contribution is -0.167. The van der Waals surface area contributed by atoms with Gasteiger partial charge in [0, 0.05) is 19.3 Å². The Labute approximate surface area is 417 Å². The standard InChI is InChI=1S/C62H98O6/c1-4-7-10-13-16-19-22-24-26-28-30-31-33-34-36-38-40-43-46-49-52-55-61(64)67-58-59(57-66-60(63)54-51-48-45-42-21-18-15-12-9-6-3)68-62(65)56-53-50-47-44-41-39-37-35-32-29-27-25-23-20-17-14-11-8-5-2/h7-8,10-12,15-17,19-20,24-27,30-32,34-36,39,41,59H,4-6,9,13-14,18,21-23,28-29,33,37-38,40,42-58H2,1-3H3/b10-7-,11-8-,15-12-,19-16-,20-17-,26-24-,27-25-,31-30-,35-32-,36-34-,41-39-. The summed E-state index contributed by atoms with van der Waals surface area (Å²) in [4.78, 5) is 38.0. The molecular formula is C62H98O6. The highest BCUT2D eigenvalue weighted by molar-refractivity contribution is 5.71. The van der Waals surface area contributed by atoms with Crippen molar-refractivity contribution in [2.45, 2.75) is 226 Å². The molecule has 0 N–H and O–H groups in total. The molecule has 0 aromatic carbocycles. The van der Waals surface area contributed by atoms with Crippen molar-refractivity contribution < 1.29 is 28.6 Å². The zero-order chi connectivity index (χ0) is 49.3. The summed E-state index contributed by atoms with van der Waals surface area (Å²) in [6.45, 7) is 6.28. The second-order valence-corrected chi connectivity index (χ2v) is 17.4. The van der Waals surface area contributed by atoms with Gasteiger partial charge in [-0.05, 0) is 128 Å². The molecule has 0 amide bonds. The normalized spacial score (nSPS) is 13.2. The lowest BCUT2D eigenvalue weighted by Gasteiger charge is -2.18. The maximum absolute atomic E-state index is 12.8. The van der Waals surface area contributed by atoms with Gasteiger partial charge in [-0.1, -0.05) is 206 Å². The fraction of sp³-hybridized carbons (Fsp3) is 0.597. The van der Waals surface area contributed by atoms with E-state index in [4.69, 9.17) is 14.2 Å². The fourth-order valence-corrected chi connectivity index (χ4v) is 6.85. The summed E-state index contributed by atoms with van der Waals surface area (Å²) in [6, 6.07) is 0. The summed E-state index contributed by atoms with van der Waals surface area (Å²) >= 11 is 0. The molecule has 0 aliphatic heterocycles. The van der Waals surface area contributed by atoms with Crippen LogP contribution < -0.4 is 0 Å². The quantitative estimate of drug-likeness (QED) is 0.0262. The molecule has 0 radical (unpaired) electrons. The van der Waals surface area contributed by atoms with Crippen molar-refractivity contribution in [3.05, 3.63) is 134 Å². The molecule has 68 heavy (non-hydrogen) atoms. The average Bonchev–Trinajstić information content (AvgIpc) is 3.34. The van der Waals surface area contributed by atoms with Gasteiger partial charge in [0.1, 0.15) is 13.2 Å². The van der Waals surface area contributed by atoms with Crippen LogP contribution in [0.4, 0.5) is 0 Å². The van der Waals surface area contributed by atoms with Crippen LogP contribution in [-0.4, -0.2) is 37.2 Å². The van der Waals surface area contributed by atoms with Gasteiger partial charge in [-0.3, -0.25) is 14.4 Å². The summed E-state index contributed by atoms with van der Waals surface area (Å²) in [7, 11) is 0. The molecule has 6 nitrogen and oxygen atoms in total. The van der Waals surface area contributed by atoms with Crippen molar-refractivity contribution in [1.29, 1.82) is 0 Å². The summed E-state index contributed by atoms with van der Waals surface area (Å²) < 4.78 is 16.8. The van der Waals surface area contributed by atoms with E-state index in [2.05, 4.69) is 154 Å². The van der Waals surface area contributed by atoms with E-state index >= 15 is 0 Å². The van der Waals surface area contributed by atoms with Crippen molar-refractivity contribution >= 4 is 17.9 Å². The summed E-state index contributed by atoms with van der Waals surface area (Å²) in [5.74, 6) is -0.977. The number of hydrogen-bond donors (Lipinski definition) is 0. The minimum Gasteiger partial charge on any atom is -0.462 e. The van der Waals surface area contributed by atoms with Crippen molar-refractivity contribution in [2.24, 2.45) is 0 Å². The number of carbonyl (C=O) groups is 3. The largest absolute Gasteiger partial charge is 0.462 e. The topological polar surface area (TPSA) is 78.9 Å². The lowest BCUT2D eigenvalue weighted by Crippen LogP contribution is -2.30. The van der Waals surface area contributed by atoms with Crippen LogP contribution >= 0.6 is 0 Å². The number of allylic oxidation sites excluding steroid dienone is 22. The van der Waals surface area contributed by atoms with Gasteiger partial charge in [0.05, 0.1) is 0 Å². The van der Waals surface area contributed by atoms with E-state index in [9.17, 15) is 14.4 Å². The Morgan fingerprint density at radius 1 is 0.309 bits per heavy atom. The van der Waals surface area contributed by atoms with Gasteiger partial charge < -0.3 is 14.2 Å². The highest BCUT2D eigenvalue weighted by Crippen LogP contribution is 2.12. The number of hydrogen-bond acceptors (Lipinski definition) is 6. The molecule has 0 aromatic rings.